The molecule has 0 saturated carbocycles. The predicted molar refractivity (Wildman–Crippen MR) is 139 cm³/mol. The third kappa shape index (κ3) is 5.78. The summed E-state index contributed by atoms with van der Waals surface area (Å²) < 4.78 is 69.3. The molecule has 1 amide bonds. The van der Waals surface area contributed by atoms with Crippen LogP contribution in [0.4, 0.5) is 13.2 Å². The molecule has 0 unspecified atom stereocenters. The number of aryl methyl sites for hydroxylation is 1. The summed E-state index contributed by atoms with van der Waals surface area (Å²) in [6.07, 6.45) is 2.02. The molecule has 9 nitrogen and oxygen atoms in total. The SMILES string of the molecule is CCc1c(-c2ccc(OC(F)F)c(F)c2)nc2cc(C(=O)N[C@@H](C(=O)O)c3ccc(S(=O)(=O)CC)cc3)ccn12. The molecular formula is C27H24F3N3O6S. The predicted octanol–water partition coefficient (Wildman–Crippen LogP) is 4.65. The van der Waals surface area contributed by atoms with Gasteiger partial charge < -0.3 is 19.6 Å². The van der Waals surface area contributed by atoms with Crippen LogP contribution in [-0.2, 0) is 21.1 Å². The van der Waals surface area contributed by atoms with Gasteiger partial charge in [0, 0.05) is 17.3 Å². The number of carboxylic acids is 1. The van der Waals surface area contributed by atoms with Crippen LogP contribution in [0.3, 0.4) is 0 Å². The molecule has 2 heterocycles. The summed E-state index contributed by atoms with van der Waals surface area (Å²) in [5.41, 5.74) is 1.92. The number of imidazole rings is 1. The highest BCUT2D eigenvalue weighted by Crippen LogP contribution is 2.30. The van der Waals surface area contributed by atoms with Gasteiger partial charge in [0.1, 0.15) is 5.65 Å². The van der Waals surface area contributed by atoms with Crippen molar-refractivity contribution in [3.05, 3.63) is 83.4 Å². The quantitative estimate of drug-likeness (QED) is 0.282. The largest absolute Gasteiger partial charge is 0.479 e. The first-order valence-electron chi connectivity index (χ1n) is 12.1. The van der Waals surface area contributed by atoms with Gasteiger partial charge in [0.15, 0.2) is 27.4 Å². The van der Waals surface area contributed by atoms with Crippen LogP contribution in [0.5, 0.6) is 5.75 Å². The van der Waals surface area contributed by atoms with E-state index in [1.54, 1.807) is 10.6 Å². The zero-order chi connectivity index (χ0) is 29.2. The maximum Gasteiger partial charge on any atom is 0.387 e. The van der Waals surface area contributed by atoms with Crippen molar-refractivity contribution < 1.29 is 41.0 Å². The molecule has 0 bridgehead atoms. The summed E-state index contributed by atoms with van der Waals surface area (Å²) in [7, 11) is -3.48. The molecule has 2 aromatic heterocycles. The highest BCUT2D eigenvalue weighted by atomic mass is 32.2. The van der Waals surface area contributed by atoms with Crippen LogP contribution in [-0.4, -0.2) is 47.1 Å². The number of carbonyl (C=O) groups excluding carboxylic acids is 1. The monoisotopic (exact) mass is 575 g/mol. The van der Waals surface area contributed by atoms with E-state index in [-0.39, 0.29) is 21.8 Å². The van der Waals surface area contributed by atoms with Crippen LogP contribution < -0.4 is 10.1 Å². The lowest BCUT2D eigenvalue weighted by Crippen LogP contribution is -2.33. The molecule has 1 atom stereocenters. The number of aromatic nitrogens is 2. The number of alkyl halides is 2. The van der Waals surface area contributed by atoms with Crippen molar-refractivity contribution in [2.45, 2.75) is 37.8 Å². The van der Waals surface area contributed by atoms with Crippen molar-refractivity contribution in [1.82, 2.24) is 14.7 Å². The van der Waals surface area contributed by atoms with Gasteiger partial charge in [-0.1, -0.05) is 26.0 Å². The molecular weight excluding hydrogens is 551 g/mol. The molecule has 0 spiro atoms. The van der Waals surface area contributed by atoms with E-state index in [4.69, 9.17) is 0 Å². The number of hydrogen-bond acceptors (Lipinski definition) is 6. The molecule has 210 valence electrons. The third-order valence-electron chi connectivity index (χ3n) is 6.22. The molecule has 0 radical (unpaired) electrons. The number of benzene rings is 2. The van der Waals surface area contributed by atoms with E-state index in [1.807, 2.05) is 6.92 Å². The van der Waals surface area contributed by atoms with Crippen LogP contribution in [0.25, 0.3) is 16.9 Å². The first-order chi connectivity index (χ1) is 18.9. The van der Waals surface area contributed by atoms with Gasteiger partial charge in [-0.2, -0.15) is 8.78 Å². The summed E-state index contributed by atoms with van der Waals surface area (Å²) in [6, 6.07) is 10.2. The van der Waals surface area contributed by atoms with Crippen molar-refractivity contribution in [3.8, 4) is 17.0 Å². The molecule has 2 N–H and O–H groups in total. The lowest BCUT2D eigenvalue weighted by Gasteiger charge is -2.15. The number of pyridine rings is 1. The number of halogens is 3. The minimum Gasteiger partial charge on any atom is -0.479 e. The van der Waals surface area contributed by atoms with E-state index < -0.39 is 45.9 Å². The normalized spacial score (nSPS) is 12.4. The number of aliphatic carboxylic acids is 1. The van der Waals surface area contributed by atoms with Gasteiger partial charge in [0.2, 0.25) is 0 Å². The minimum absolute atomic E-state index is 0.0394. The maximum atomic E-state index is 14.4. The number of ether oxygens (including phenoxy) is 1. The molecule has 4 rings (SSSR count). The van der Waals surface area contributed by atoms with Crippen molar-refractivity contribution >= 4 is 27.4 Å². The molecule has 0 aliphatic rings. The summed E-state index contributed by atoms with van der Waals surface area (Å²) in [5, 5.41) is 12.2. The van der Waals surface area contributed by atoms with Gasteiger partial charge in [-0.15, -0.1) is 0 Å². The number of amides is 1. The molecule has 4 aromatic rings. The van der Waals surface area contributed by atoms with E-state index in [0.29, 0.717) is 29.0 Å². The van der Waals surface area contributed by atoms with Crippen LogP contribution in [0.15, 0.2) is 65.7 Å². The Balaban J connectivity index is 1.63. The van der Waals surface area contributed by atoms with Gasteiger partial charge >= 0.3 is 12.6 Å². The summed E-state index contributed by atoms with van der Waals surface area (Å²) in [6.45, 7) is 0.155. The second-order valence-corrected chi connectivity index (χ2v) is 10.9. The van der Waals surface area contributed by atoms with E-state index in [9.17, 15) is 36.3 Å². The van der Waals surface area contributed by atoms with Gasteiger partial charge in [-0.05, 0) is 54.4 Å². The Kier molecular flexibility index (Phi) is 8.14. The number of rotatable bonds is 10. The van der Waals surface area contributed by atoms with Crippen LogP contribution in [0.1, 0.15) is 41.5 Å². The van der Waals surface area contributed by atoms with Gasteiger partial charge in [0.25, 0.3) is 5.91 Å². The van der Waals surface area contributed by atoms with E-state index in [0.717, 1.165) is 12.1 Å². The van der Waals surface area contributed by atoms with Crippen molar-refractivity contribution in [2.75, 3.05) is 5.75 Å². The number of carbonyl (C=O) groups is 2. The summed E-state index contributed by atoms with van der Waals surface area (Å²) in [5.74, 6) is -3.78. The van der Waals surface area contributed by atoms with E-state index >= 15 is 0 Å². The Morgan fingerprint density at radius 3 is 2.35 bits per heavy atom. The number of sulfone groups is 1. The summed E-state index contributed by atoms with van der Waals surface area (Å²) in [4.78, 5) is 29.5. The van der Waals surface area contributed by atoms with E-state index in [2.05, 4.69) is 15.0 Å². The smallest absolute Gasteiger partial charge is 0.387 e. The number of nitrogens with one attached hydrogen (secondary N) is 1. The first-order valence-corrected chi connectivity index (χ1v) is 13.7. The second-order valence-electron chi connectivity index (χ2n) is 8.65. The molecule has 0 fully saturated rings. The molecule has 2 aromatic carbocycles. The number of hydrogen-bond donors (Lipinski definition) is 2. The van der Waals surface area contributed by atoms with Gasteiger partial charge in [-0.25, -0.2) is 22.6 Å². The lowest BCUT2D eigenvalue weighted by atomic mass is 10.1. The highest BCUT2D eigenvalue weighted by molar-refractivity contribution is 7.91. The Morgan fingerprint density at radius 2 is 1.77 bits per heavy atom. The molecule has 13 heteroatoms. The molecule has 0 aliphatic carbocycles. The lowest BCUT2D eigenvalue weighted by molar-refractivity contribution is -0.139. The number of nitrogens with zero attached hydrogens (tertiary/aromatic N) is 2. The van der Waals surface area contributed by atoms with Crippen molar-refractivity contribution in [1.29, 1.82) is 0 Å². The van der Waals surface area contributed by atoms with Crippen molar-refractivity contribution in [2.24, 2.45) is 0 Å². The average Bonchev–Trinajstić information content (AvgIpc) is 3.30. The Labute approximate surface area is 227 Å². The Hall–Kier alpha value is -4.39. The maximum absolute atomic E-state index is 14.4. The van der Waals surface area contributed by atoms with Crippen molar-refractivity contribution in [3.63, 3.8) is 0 Å². The third-order valence-corrected chi connectivity index (χ3v) is 7.97. The first kappa shape index (κ1) is 28.6. The fourth-order valence-corrected chi connectivity index (χ4v) is 5.07. The van der Waals surface area contributed by atoms with Crippen LogP contribution in [0.2, 0.25) is 0 Å². The molecule has 40 heavy (non-hydrogen) atoms. The summed E-state index contributed by atoms with van der Waals surface area (Å²) >= 11 is 0. The number of fused-ring (bicyclic) bond motifs is 1. The van der Waals surface area contributed by atoms with Crippen LogP contribution >= 0.6 is 0 Å². The topological polar surface area (TPSA) is 127 Å². The number of carboxylic acid groups (broad SMARTS) is 1. The van der Waals surface area contributed by atoms with E-state index in [1.165, 1.54) is 49.4 Å². The fraction of sp³-hybridized carbons (Fsp3) is 0.222. The molecule has 0 aliphatic heterocycles. The standard InChI is InChI=1S/C27H24F3N3O6S/c1-3-20-23(16-7-10-21(19(28)13-16)39-27(29)30)31-22-14-17(11-12-33(20)22)25(34)32-24(26(35)36)15-5-8-18(9-6-15)40(37,38)4-2/h5-14,24,27H,3-4H2,1-2H3,(H,32,34)(H,35,36)/t24-/m1/s1. The Morgan fingerprint density at radius 1 is 1.07 bits per heavy atom. The zero-order valence-corrected chi connectivity index (χ0v) is 22.1. The fourth-order valence-electron chi connectivity index (χ4n) is 4.18. The average molecular weight is 576 g/mol. The highest BCUT2D eigenvalue weighted by Gasteiger charge is 2.24. The Bertz CT molecular complexity index is 1690. The minimum atomic E-state index is -3.48. The van der Waals surface area contributed by atoms with Crippen LogP contribution in [0, 0.1) is 5.82 Å². The van der Waals surface area contributed by atoms with Gasteiger partial charge in [0.05, 0.1) is 22.0 Å². The van der Waals surface area contributed by atoms with Gasteiger partial charge in [-0.3, -0.25) is 4.79 Å². The second kappa shape index (κ2) is 11.4. The molecule has 0 saturated heterocycles. The zero-order valence-electron chi connectivity index (χ0n) is 21.3.